The highest BCUT2D eigenvalue weighted by molar-refractivity contribution is 5.86. The Morgan fingerprint density at radius 2 is 1.89 bits per heavy atom. The van der Waals surface area contributed by atoms with E-state index in [1.54, 1.807) is 0 Å². The molecule has 0 bridgehead atoms. The summed E-state index contributed by atoms with van der Waals surface area (Å²) in [6, 6.07) is -1.35. The third-order valence-corrected chi connectivity index (χ3v) is 2.63. The highest BCUT2D eigenvalue weighted by Gasteiger charge is 2.24. The Morgan fingerprint density at radius 1 is 1.26 bits per heavy atom. The molecular formula is C11H22N4O4. The maximum absolute atomic E-state index is 11.8. The molecule has 0 aromatic heterocycles. The quantitative estimate of drug-likeness (QED) is 0.455. The van der Waals surface area contributed by atoms with Gasteiger partial charge in [0.15, 0.2) is 0 Å². The van der Waals surface area contributed by atoms with Gasteiger partial charge in [0.25, 0.3) is 0 Å². The number of rotatable bonds is 9. The maximum Gasteiger partial charge on any atom is 0.312 e. The van der Waals surface area contributed by atoms with Crippen LogP contribution < -0.4 is 16.8 Å². The zero-order valence-electron chi connectivity index (χ0n) is 11.3. The summed E-state index contributed by atoms with van der Waals surface area (Å²) in [5.74, 6) is -0.798. The van der Waals surface area contributed by atoms with Gasteiger partial charge in [0.05, 0.1) is 6.61 Å². The SMILES string of the molecule is COC[C@@H](C(N)=O)N(C)C(=O)CCCCNC(N)=O. The molecule has 5 N–H and O–H groups in total. The number of carbonyl (C=O) groups excluding carboxylic acids is 3. The molecule has 0 spiro atoms. The highest BCUT2D eigenvalue weighted by atomic mass is 16.5. The fourth-order valence-corrected chi connectivity index (χ4v) is 1.51. The normalized spacial score (nSPS) is 11.7. The lowest BCUT2D eigenvalue weighted by molar-refractivity contribution is -0.139. The first-order valence-corrected chi connectivity index (χ1v) is 5.97. The van der Waals surface area contributed by atoms with Crippen LogP contribution in [0.2, 0.25) is 0 Å². The van der Waals surface area contributed by atoms with E-state index in [0.29, 0.717) is 19.4 Å². The minimum Gasteiger partial charge on any atom is -0.382 e. The van der Waals surface area contributed by atoms with E-state index in [-0.39, 0.29) is 18.9 Å². The Hall–Kier alpha value is -1.83. The van der Waals surface area contributed by atoms with Crippen molar-refractivity contribution in [3.63, 3.8) is 0 Å². The number of urea groups is 1. The number of unbranched alkanes of at least 4 members (excludes halogenated alkanes) is 1. The average molecular weight is 274 g/mol. The zero-order valence-corrected chi connectivity index (χ0v) is 11.3. The van der Waals surface area contributed by atoms with Crippen LogP contribution in [0.3, 0.4) is 0 Å². The number of methoxy groups -OCH3 is 1. The summed E-state index contributed by atoms with van der Waals surface area (Å²) in [5, 5.41) is 2.43. The molecule has 8 heteroatoms. The van der Waals surface area contributed by atoms with Gasteiger partial charge in [-0.15, -0.1) is 0 Å². The molecule has 0 unspecified atom stereocenters. The molecule has 0 fully saturated rings. The molecular weight excluding hydrogens is 252 g/mol. The molecule has 0 aliphatic heterocycles. The number of amides is 4. The van der Waals surface area contributed by atoms with E-state index in [2.05, 4.69) is 5.32 Å². The van der Waals surface area contributed by atoms with Crippen LogP contribution in [-0.4, -0.2) is 56.1 Å². The summed E-state index contributed by atoms with van der Waals surface area (Å²) in [6.45, 7) is 0.491. The molecule has 0 aromatic rings. The summed E-state index contributed by atoms with van der Waals surface area (Å²) in [6.07, 6.45) is 1.49. The van der Waals surface area contributed by atoms with Crippen molar-refractivity contribution in [2.75, 3.05) is 27.3 Å². The lowest BCUT2D eigenvalue weighted by atomic mass is 10.2. The first-order chi connectivity index (χ1) is 8.90. The summed E-state index contributed by atoms with van der Waals surface area (Å²) < 4.78 is 4.85. The van der Waals surface area contributed by atoms with Crippen LogP contribution in [0.1, 0.15) is 19.3 Å². The van der Waals surface area contributed by atoms with Crippen LogP contribution in [0.25, 0.3) is 0 Å². The number of carbonyl (C=O) groups is 3. The van der Waals surface area contributed by atoms with Crippen LogP contribution in [0.5, 0.6) is 0 Å². The van der Waals surface area contributed by atoms with Gasteiger partial charge >= 0.3 is 6.03 Å². The molecule has 0 saturated heterocycles. The minimum absolute atomic E-state index is 0.0702. The third-order valence-electron chi connectivity index (χ3n) is 2.63. The Kier molecular flexibility index (Phi) is 8.27. The van der Waals surface area contributed by atoms with Crippen molar-refractivity contribution < 1.29 is 19.1 Å². The predicted octanol–water partition coefficient (Wildman–Crippen LogP) is -1.22. The minimum atomic E-state index is -0.763. The van der Waals surface area contributed by atoms with Gasteiger partial charge in [-0.1, -0.05) is 0 Å². The molecule has 4 amide bonds. The Morgan fingerprint density at radius 3 is 2.37 bits per heavy atom. The van der Waals surface area contributed by atoms with Crippen molar-refractivity contribution in [1.29, 1.82) is 0 Å². The van der Waals surface area contributed by atoms with E-state index in [9.17, 15) is 14.4 Å². The number of primary amides is 2. The van der Waals surface area contributed by atoms with Crippen molar-refractivity contribution in [2.45, 2.75) is 25.3 Å². The number of nitrogens with zero attached hydrogens (tertiary/aromatic N) is 1. The van der Waals surface area contributed by atoms with Gasteiger partial charge in [0.2, 0.25) is 11.8 Å². The summed E-state index contributed by atoms with van der Waals surface area (Å²) in [4.78, 5) is 34.7. The second-order valence-corrected chi connectivity index (χ2v) is 4.13. The van der Waals surface area contributed by atoms with E-state index >= 15 is 0 Å². The predicted molar refractivity (Wildman–Crippen MR) is 69.1 cm³/mol. The van der Waals surface area contributed by atoms with Crippen molar-refractivity contribution >= 4 is 17.8 Å². The number of hydrogen-bond donors (Lipinski definition) is 3. The number of ether oxygens (including phenoxy) is 1. The monoisotopic (exact) mass is 274 g/mol. The van der Waals surface area contributed by atoms with Gasteiger partial charge < -0.3 is 26.4 Å². The van der Waals surface area contributed by atoms with E-state index in [1.807, 2.05) is 0 Å². The van der Waals surface area contributed by atoms with Gasteiger partial charge in [-0.25, -0.2) is 4.79 Å². The molecule has 0 radical (unpaired) electrons. The molecule has 110 valence electrons. The van der Waals surface area contributed by atoms with Gasteiger partial charge in [0, 0.05) is 27.1 Å². The second kappa shape index (κ2) is 9.15. The van der Waals surface area contributed by atoms with E-state index in [4.69, 9.17) is 16.2 Å². The first kappa shape index (κ1) is 17.2. The topological polar surface area (TPSA) is 128 Å². The third kappa shape index (κ3) is 7.24. The van der Waals surface area contributed by atoms with Gasteiger partial charge in [-0.2, -0.15) is 0 Å². The fraction of sp³-hybridized carbons (Fsp3) is 0.727. The standard InChI is InChI=1S/C11H22N4O4/c1-15(8(7-19-2)10(12)17)9(16)5-3-4-6-14-11(13)18/h8H,3-7H2,1-2H3,(H2,12,17)(H3,13,14,18)/t8-/m0/s1. The largest absolute Gasteiger partial charge is 0.382 e. The summed E-state index contributed by atoms with van der Waals surface area (Å²) >= 11 is 0. The molecule has 1 atom stereocenters. The average Bonchev–Trinajstić information content (AvgIpc) is 2.33. The van der Waals surface area contributed by atoms with Crippen molar-refractivity contribution in [3.05, 3.63) is 0 Å². The lowest BCUT2D eigenvalue weighted by Gasteiger charge is -2.25. The molecule has 8 nitrogen and oxygen atoms in total. The molecule has 0 aliphatic carbocycles. The number of nitrogens with one attached hydrogen (secondary N) is 1. The molecule has 0 heterocycles. The van der Waals surface area contributed by atoms with Crippen LogP contribution in [0.15, 0.2) is 0 Å². The maximum atomic E-state index is 11.8. The van der Waals surface area contributed by atoms with Crippen molar-refractivity contribution in [1.82, 2.24) is 10.2 Å². The van der Waals surface area contributed by atoms with Gasteiger partial charge in [-0.3, -0.25) is 9.59 Å². The smallest absolute Gasteiger partial charge is 0.312 e. The van der Waals surface area contributed by atoms with Crippen LogP contribution in [-0.2, 0) is 14.3 Å². The Bertz CT molecular complexity index is 322. The van der Waals surface area contributed by atoms with Gasteiger partial charge in [0.1, 0.15) is 6.04 Å². The number of hydrogen-bond acceptors (Lipinski definition) is 4. The first-order valence-electron chi connectivity index (χ1n) is 5.97. The van der Waals surface area contributed by atoms with Crippen molar-refractivity contribution in [3.8, 4) is 0 Å². The summed E-state index contributed by atoms with van der Waals surface area (Å²) in [7, 11) is 2.95. The molecule has 0 aromatic carbocycles. The second-order valence-electron chi connectivity index (χ2n) is 4.13. The number of likely N-dealkylation sites (N-methyl/N-ethyl adjacent to an activating group) is 1. The summed E-state index contributed by atoms with van der Waals surface area (Å²) in [5.41, 5.74) is 10.1. The van der Waals surface area contributed by atoms with Crippen LogP contribution in [0.4, 0.5) is 4.79 Å². The van der Waals surface area contributed by atoms with Gasteiger partial charge in [-0.05, 0) is 12.8 Å². The van der Waals surface area contributed by atoms with Crippen LogP contribution in [0, 0.1) is 0 Å². The Balaban J connectivity index is 4.04. The van der Waals surface area contributed by atoms with Crippen LogP contribution >= 0.6 is 0 Å². The van der Waals surface area contributed by atoms with E-state index in [1.165, 1.54) is 19.1 Å². The molecule has 0 rings (SSSR count). The zero-order chi connectivity index (χ0) is 14.8. The Labute approximate surface area is 112 Å². The van der Waals surface area contributed by atoms with E-state index in [0.717, 1.165) is 0 Å². The van der Waals surface area contributed by atoms with E-state index < -0.39 is 18.0 Å². The molecule has 19 heavy (non-hydrogen) atoms. The lowest BCUT2D eigenvalue weighted by Crippen LogP contribution is -2.48. The number of nitrogens with two attached hydrogens (primary N) is 2. The molecule has 0 aliphatic rings. The van der Waals surface area contributed by atoms with Crippen molar-refractivity contribution in [2.24, 2.45) is 11.5 Å². The highest BCUT2D eigenvalue weighted by Crippen LogP contribution is 2.04. The molecule has 0 saturated carbocycles. The fourth-order valence-electron chi connectivity index (χ4n) is 1.51.